The number of halogens is 2. The molecule has 0 spiro atoms. The minimum atomic E-state index is -0.881. The summed E-state index contributed by atoms with van der Waals surface area (Å²) in [7, 11) is 1.86. The van der Waals surface area contributed by atoms with Crippen LogP contribution in [0.1, 0.15) is 0 Å². The monoisotopic (exact) mass is 264 g/mol. The van der Waals surface area contributed by atoms with Gasteiger partial charge in [0.25, 0.3) is 0 Å². The van der Waals surface area contributed by atoms with Crippen LogP contribution >= 0.6 is 0 Å². The Morgan fingerprint density at radius 3 is 2.37 bits per heavy atom. The highest BCUT2D eigenvalue weighted by atomic mass is 19.2. The second kappa shape index (κ2) is 6.19. The van der Waals surface area contributed by atoms with Crippen LogP contribution in [0.3, 0.4) is 0 Å². The van der Waals surface area contributed by atoms with Gasteiger partial charge in [0.05, 0.1) is 0 Å². The second-order valence-electron chi connectivity index (χ2n) is 3.95. The first-order chi connectivity index (χ1) is 9.20. The quantitative estimate of drug-likeness (QED) is 0.812. The maximum atomic E-state index is 13.1. The van der Waals surface area contributed by atoms with E-state index < -0.39 is 11.6 Å². The molecular formula is C13H14F2N4. The fraction of sp³-hybridized carbons (Fsp3) is 0.231. The summed E-state index contributed by atoms with van der Waals surface area (Å²) in [6.07, 6.45) is 3.14. The normalized spacial score (nSPS) is 10.5. The molecule has 0 saturated heterocycles. The summed E-state index contributed by atoms with van der Waals surface area (Å²) in [5.41, 5.74) is 1.18. The minimum Gasteiger partial charge on any atom is -0.353 e. The van der Waals surface area contributed by atoms with Crippen LogP contribution in [0.25, 0.3) is 11.1 Å². The fourth-order valence-corrected chi connectivity index (χ4v) is 1.54. The summed E-state index contributed by atoms with van der Waals surface area (Å²) >= 11 is 0. The molecule has 1 aromatic carbocycles. The van der Waals surface area contributed by atoms with Gasteiger partial charge in [0.2, 0.25) is 5.95 Å². The van der Waals surface area contributed by atoms with E-state index in [0.29, 0.717) is 23.6 Å². The van der Waals surface area contributed by atoms with Crippen LogP contribution in [-0.2, 0) is 0 Å². The molecule has 2 aromatic rings. The van der Waals surface area contributed by atoms with Crippen LogP contribution in [0.15, 0.2) is 30.6 Å². The van der Waals surface area contributed by atoms with E-state index in [-0.39, 0.29) is 0 Å². The van der Waals surface area contributed by atoms with Gasteiger partial charge in [-0.3, -0.25) is 0 Å². The van der Waals surface area contributed by atoms with Gasteiger partial charge in [-0.1, -0.05) is 6.07 Å². The molecule has 0 aliphatic rings. The number of aromatic nitrogens is 2. The van der Waals surface area contributed by atoms with Crippen LogP contribution < -0.4 is 10.6 Å². The highest BCUT2D eigenvalue weighted by molar-refractivity contribution is 5.61. The fourth-order valence-electron chi connectivity index (χ4n) is 1.54. The lowest BCUT2D eigenvalue weighted by Crippen LogP contribution is -2.18. The van der Waals surface area contributed by atoms with Gasteiger partial charge in [0, 0.05) is 31.0 Å². The molecule has 2 rings (SSSR count). The van der Waals surface area contributed by atoms with Gasteiger partial charge in [-0.05, 0) is 24.7 Å². The van der Waals surface area contributed by atoms with Crippen molar-refractivity contribution in [3.8, 4) is 11.1 Å². The van der Waals surface area contributed by atoms with Crippen molar-refractivity contribution in [1.29, 1.82) is 0 Å². The van der Waals surface area contributed by atoms with Gasteiger partial charge >= 0.3 is 0 Å². The average Bonchev–Trinajstić information content (AvgIpc) is 2.43. The Hall–Kier alpha value is -2.08. The predicted octanol–water partition coefficient (Wildman–Crippen LogP) is 2.05. The highest BCUT2D eigenvalue weighted by Crippen LogP contribution is 2.20. The predicted molar refractivity (Wildman–Crippen MR) is 69.8 cm³/mol. The lowest BCUT2D eigenvalue weighted by molar-refractivity contribution is 0.509. The Morgan fingerprint density at radius 2 is 1.74 bits per heavy atom. The van der Waals surface area contributed by atoms with Gasteiger partial charge in [-0.2, -0.15) is 0 Å². The Labute approximate surface area is 109 Å². The van der Waals surface area contributed by atoms with E-state index in [4.69, 9.17) is 0 Å². The first kappa shape index (κ1) is 13.4. The third kappa shape index (κ3) is 3.45. The summed E-state index contributed by atoms with van der Waals surface area (Å²) in [4.78, 5) is 8.23. The van der Waals surface area contributed by atoms with E-state index in [1.54, 1.807) is 12.4 Å². The average molecular weight is 264 g/mol. The highest BCUT2D eigenvalue weighted by Gasteiger charge is 2.05. The lowest BCUT2D eigenvalue weighted by atomic mass is 10.1. The molecule has 6 heteroatoms. The van der Waals surface area contributed by atoms with E-state index in [0.717, 1.165) is 18.7 Å². The smallest absolute Gasteiger partial charge is 0.222 e. The number of hydrogen-bond acceptors (Lipinski definition) is 4. The van der Waals surface area contributed by atoms with Crippen molar-refractivity contribution in [3.05, 3.63) is 42.2 Å². The number of nitrogens with one attached hydrogen (secondary N) is 2. The van der Waals surface area contributed by atoms with Crippen LogP contribution in [0.5, 0.6) is 0 Å². The van der Waals surface area contributed by atoms with Gasteiger partial charge in [-0.15, -0.1) is 0 Å². The summed E-state index contributed by atoms with van der Waals surface area (Å²) < 4.78 is 25.9. The maximum Gasteiger partial charge on any atom is 0.222 e. The topological polar surface area (TPSA) is 49.8 Å². The van der Waals surface area contributed by atoms with Crippen molar-refractivity contribution < 1.29 is 8.78 Å². The van der Waals surface area contributed by atoms with Crippen molar-refractivity contribution in [2.75, 3.05) is 25.5 Å². The van der Waals surface area contributed by atoms with Gasteiger partial charge in [-0.25, -0.2) is 18.7 Å². The number of anilines is 1. The SMILES string of the molecule is CNCCNc1ncc(-c2ccc(F)c(F)c2)cn1. The molecular weight excluding hydrogens is 250 g/mol. The summed E-state index contributed by atoms with van der Waals surface area (Å²) in [5.74, 6) is -1.25. The van der Waals surface area contributed by atoms with E-state index in [1.165, 1.54) is 6.07 Å². The van der Waals surface area contributed by atoms with Crippen molar-refractivity contribution >= 4 is 5.95 Å². The largest absolute Gasteiger partial charge is 0.353 e. The lowest BCUT2D eigenvalue weighted by Gasteiger charge is -2.05. The van der Waals surface area contributed by atoms with Gasteiger partial charge in [0.15, 0.2) is 11.6 Å². The number of rotatable bonds is 5. The molecule has 19 heavy (non-hydrogen) atoms. The summed E-state index contributed by atoms with van der Waals surface area (Å²) in [6.45, 7) is 1.51. The van der Waals surface area contributed by atoms with E-state index >= 15 is 0 Å². The molecule has 0 fully saturated rings. The molecule has 0 bridgehead atoms. The molecule has 100 valence electrons. The van der Waals surface area contributed by atoms with Crippen molar-refractivity contribution in [3.63, 3.8) is 0 Å². The Bertz CT molecular complexity index is 543. The third-order valence-corrected chi connectivity index (χ3v) is 2.56. The zero-order valence-electron chi connectivity index (χ0n) is 10.5. The molecule has 0 saturated carbocycles. The number of benzene rings is 1. The van der Waals surface area contributed by atoms with Crippen LogP contribution in [0.4, 0.5) is 14.7 Å². The molecule has 2 N–H and O–H groups in total. The Balaban J connectivity index is 2.11. The van der Waals surface area contributed by atoms with Crippen LogP contribution in [0, 0.1) is 11.6 Å². The second-order valence-corrected chi connectivity index (χ2v) is 3.95. The van der Waals surface area contributed by atoms with Crippen LogP contribution in [-0.4, -0.2) is 30.1 Å². The van der Waals surface area contributed by atoms with E-state index in [2.05, 4.69) is 20.6 Å². The van der Waals surface area contributed by atoms with E-state index in [9.17, 15) is 8.78 Å². The molecule has 0 unspecified atom stereocenters. The standard InChI is InChI=1S/C13H14F2N4/c1-16-4-5-17-13-18-7-10(8-19-13)9-2-3-11(14)12(15)6-9/h2-3,6-8,16H,4-5H2,1H3,(H,17,18,19). The van der Waals surface area contributed by atoms with Crippen molar-refractivity contribution in [2.24, 2.45) is 0 Å². The third-order valence-electron chi connectivity index (χ3n) is 2.56. The van der Waals surface area contributed by atoms with Gasteiger partial charge < -0.3 is 10.6 Å². The Morgan fingerprint density at radius 1 is 1.00 bits per heavy atom. The zero-order valence-corrected chi connectivity index (χ0v) is 10.5. The molecule has 0 atom stereocenters. The van der Waals surface area contributed by atoms with Crippen LogP contribution in [0.2, 0.25) is 0 Å². The van der Waals surface area contributed by atoms with Gasteiger partial charge in [0.1, 0.15) is 0 Å². The first-order valence-electron chi connectivity index (χ1n) is 5.86. The molecule has 0 radical (unpaired) electrons. The zero-order chi connectivity index (χ0) is 13.7. The van der Waals surface area contributed by atoms with Crippen molar-refractivity contribution in [1.82, 2.24) is 15.3 Å². The maximum absolute atomic E-state index is 13.1. The number of likely N-dealkylation sites (N-methyl/N-ethyl adjacent to an activating group) is 1. The molecule has 1 heterocycles. The number of nitrogens with zero attached hydrogens (tertiary/aromatic N) is 2. The van der Waals surface area contributed by atoms with Crippen molar-refractivity contribution in [2.45, 2.75) is 0 Å². The minimum absolute atomic E-state index is 0.501. The molecule has 0 amide bonds. The van der Waals surface area contributed by atoms with E-state index in [1.807, 2.05) is 7.05 Å². The number of hydrogen-bond donors (Lipinski definition) is 2. The molecule has 0 aliphatic heterocycles. The molecule has 0 aliphatic carbocycles. The summed E-state index contributed by atoms with van der Waals surface area (Å²) in [6, 6.07) is 3.71. The first-order valence-corrected chi connectivity index (χ1v) is 5.86. The molecule has 1 aromatic heterocycles. The Kier molecular flexibility index (Phi) is 4.35. The molecule has 4 nitrogen and oxygen atoms in total. The summed E-state index contributed by atoms with van der Waals surface area (Å²) in [5, 5.41) is 6.02.